The lowest BCUT2D eigenvalue weighted by Gasteiger charge is -2.36. The molecule has 0 bridgehead atoms. The highest BCUT2D eigenvalue weighted by Gasteiger charge is 2.34. The molecule has 2 fully saturated rings. The predicted molar refractivity (Wildman–Crippen MR) is 152 cm³/mol. The van der Waals surface area contributed by atoms with E-state index >= 15 is 0 Å². The van der Waals surface area contributed by atoms with Crippen LogP contribution in [0.4, 0.5) is 16.5 Å². The number of nitro groups is 1. The summed E-state index contributed by atoms with van der Waals surface area (Å²) in [5.41, 5.74) is 3.15. The molecule has 2 aromatic carbocycles. The number of amides is 3. The fourth-order valence-corrected chi connectivity index (χ4v) is 5.37. The monoisotopic (exact) mass is 562 g/mol. The van der Waals surface area contributed by atoms with Crippen LogP contribution < -0.4 is 10.2 Å². The highest BCUT2D eigenvalue weighted by atomic mass is 32.1. The maximum atomic E-state index is 13.0. The number of aromatic nitrogens is 1. The number of anilines is 2. The first kappa shape index (κ1) is 27.3. The first-order chi connectivity index (χ1) is 19.3. The average Bonchev–Trinajstić information content (AvgIpc) is 3.71. The molecule has 0 unspecified atom stereocenters. The van der Waals surface area contributed by atoms with Gasteiger partial charge in [-0.15, -0.1) is 11.3 Å². The summed E-state index contributed by atoms with van der Waals surface area (Å²) < 4.78 is 0. The summed E-state index contributed by atoms with van der Waals surface area (Å²) in [6.45, 7) is 4.23. The zero-order chi connectivity index (χ0) is 28.2. The normalized spacial score (nSPS) is 15.0. The highest BCUT2D eigenvalue weighted by Crippen LogP contribution is 2.28. The number of nitro benzene ring substituents is 1. The van der Waals surface area contributed by atoms with Crippen molar-refractivity contribution < 1.29 is 19.3 Å². The Bertz CT molecular complexity index is 1400. The molecule has 1 aliphatic carbocycles. The van der Waals surface area contributed by atoms with Crippen molar-refractivity contribution >= 4 is 45.6 Å². The number of non-ortho nitro benzene ring substituents is 1. The number of benzene rings is 2. The fraction of sp³-hybridized carbons (Fsp3) is 0.357. The molecule has 11 nitrogen and oxygen atoms in total. The van der Waals surface area contributed by atoms with Gasteiger partial charge in [0.15, 0.2) is 5.13 Å². The van der Waals surface area contributed by atoms with Crippen LogP contribution in [0.5, 0.6) is 0 Å². The van der Waals surface area contributed by atoms with Gasteiger partial charge in [-0.25, -0.2) is 4.98 Å². The zero-order valence-electron chi connectivity index (χ0n) is 22.1. The number of hydrogen-bond donors (Lipinski definition) is 1. The molecule has 40 heavy (non-hydrogen) atoms. The van der Waals surface area contributed by atoms with Crippen molar-refractivity contribution in [2.75, 3.05) is 42.9 Å². The molecular formula is C28H30N6O5S. The molecule has 5 rings (SSSR count). The van der Waals surface area contributed by atoms with Crippen LogP contribution in [-0.2, 0) is 16.0 Å². The van der Waals surface area contributed by atoms with Gasteiger partial charge in [0.05, 0.1) is 17.0 Å². The van der Waals surface area contributed by atoms with Gasteiger partial charge in [0.2, 0.25) is 11.8 Å². The predicted octanol–water partition coefficient (Wildman–Crippen LogP) is 3.49. The van der Waals surface area contributed by atoms with Gasteiger partial charge in [-0.1, -0.05) is 17.7 Å². The van der Waals surface area contributed by atoms with Crippen LogP contribution in [0.15, 0.2) is 53.9 Å². The first-order valence-corrected chi connectivity index (χ1v) is 14.0. The quantitative estimate of drug-likeness (QED) is 0.312. The van der Waals surface area contributed by atoms with Crippen LogP contribution in [0.2, 0.25) is 0 Å². The fourth-order valence-electron chi connectivity index (χ4n) is 4.64. The molecule has 3 aromatic rings. The molecule has 0 radical (unpaired) electrons. The van der Waals surface area contributed by atoms with Gasteiger partial charge in [0.1, 0.15) is 6.54 Å². The Morgan fingerprint density at radius 1 is 1.05 bits per heavy atom. The van der Waals surface area contributed by atoms with Gasteiger partial charge in [0, 0.05) is 61.0 Å². The third kappa shape index (κ3) is 6.63. The highest BCUT2D eigenvalue weighted by molar-refractivity contribution is 7.13. The van der Waals surface area contributed by atoms with E-state index in [4.69, 9.17) is 0 Å². The summed E-state index contributed by atoms with van der Waals surface area (Å²) in [6.07, 6.45) is 1.90. The minimum Gasteiger partial charge on any atom is -0.368 e. The Balaban J connectivity index is 1.10. The van der Waals surface area contributed by atoms with Crippen molar-refractivity contribution in [2.45, 2.75) is 32.2 Å². The summed E-state index contributed by atoms with van der Waals surface area (Å²) in [6, 6.07) is 13.8. The lowest BCUT2D eigenvalue weighted by atomic mass is 10.1. The molecule has 1 saturated heterocycles. The van der Waals surface area contributed by atoms with Gasteiger partial charge in [-0.05, 0) is 44.0 Å². The van der Waals surface area contributed by atoms with E-state index in [1.54, 1.807) is 39.4 Å². The summed E-state index contributed by atoms with van der Waals surface area (Å²) in [4.78, 5) is 59.0. The molecule has 12 heteroatoms. The number of nitrogens with one attached hydrogen (secondary N) is 1. The third-order valence-corrected chi connectivity index (χ3v) is 7.86. The van der Waals surface area contributed by atoms with E-state index in [9.17, 15) is 24.5 Å². The maximum Gasteiger partial charge on any atom is 0.269 e. The minimum atomic E-state index is -0.424. The smallest absolute Gasteiger partial charge is 0.269 e. The molecule has 1 aliphatic heterocycles. The molecule has 208 valence electrons. The number of rotatable bonds is 9. The second-order valence-electron chi connectivity index (χ2n) is 10.0. The summed E-state index contributed by atoms with van der Waals surface area (Å²) in [5.74, 6) is -0.520. The van der Waals surface area contributed by atoms with Gasteiger partial charge in [0.25, 0.3) is 11.6 Å². The lowest BCUT2D eigenvalue weighted by Crippen LogP contribution is -2.49. The van der Waals surface area contributed by atoms with Crippen molar-refractivity contribution in [3.63, 3.8) is 0 Å². The van der Waals surface area contributed by atoms with Gasteiger partial charge < -0.3 is 20.0 Å². The van der Waals surface area contributed by atoms with E-state index in [2.05, 4.69) is 15.2 Å². The molecule has 1 aromatic heterocycles. The summed E-state index contributed by atoms with van der Waals surface area (Å²) in [7, 11) is 0. The first-order valence-electron chi connectivity index (χ1n) is 13.2. The Morgan fingerprint density at radius 3 is 2.35 bits per heavy atom. The molecular weight excluding hydrogens is 532 g/mol. The molecule has 1 N–H and O–H groups in total. The molecule has 2 aliphatic rings. The van der Waals surface area contributed by atoms with Gasteiger partial charge >= 0.3 is 0 Å². The van der Waals surface area contributed by atoms with Crippen LogP contribution >= 0.6 is 11.3 Å². The number of carbonyl (C=O) groups excluding carboxylic acids is 3. The summed E-state index contributed by atoms with van der Waals surface area (Å²) in [5, 5.41) is 15.8. The SMILES string of the molecule is Cc1ccc(C(=O)N(CC(=O)Nc2nc(CC(=O)N3CCN(c4ccc([N+](=O)[O-])cc4)CC3)cs2)C2CC2)cc1. The number of aryl methyl sites for hydroxylation is 1. The Hall–Kier alpha value is -4.32. The van der Waals surface area contributed by atoms with Crippen molar-refractivity contribution in [1.29, 1.82) is 0 Å². The zero-order valence-corrected chi connectivity index (χ0v) is 22.9. The van der Waals surface area contributed by atoms with Crippen molar-refractivity contribution in [3.05, 3.63) is 80.8 Å². The van der Waals surface area contributed by atoms with E-state index in [0.717, 1.165) is 24.1 Å². The average molecular weight is 563 g/mol. The standard InChI is InChI=1S/C28H30N6O5S/c1-19-2-4-20(5-3-19)27(37)33(23-8-9-23)17-25(35)30-28-29-21(18-40-28)16-26(36)32-14-12-31(13-15-32)22-6-10-24(11-7-22)34(38)39/h2-7,10-11,18,23H,8-9,12-17H2,1H3,(H,29,30,35). The number of hydrogen-bond acceptors (Lipinski definition) is 8. The van der Waals surface area contributed by atoms with E-state index in [0.29, 0.717) is 42.6 Å². The molecule has 3 amide bonds. The number of carbonyl (C=O) groups is 3. The van der Waals surface area contributed by atoms with E-state index < -0.39 is 4.92 Å². The number of piperazine rings is 1. The van der Waals surface area contributed by atoms with Crippen LogP contribution in [0.25, 0.3) is 0 Å². The van der Waals surface area contributed by atoms with Crippen LogP contribution in [0.1, 0.15) is 34.5 Å². The largest absolute Gasteiger partial charge is 0.368 e. The molecule has 0 atom stereocenters. The van der Waals surface area contributed by atoms with Gasteiger partial charge in [-0.2, -0.15) is 0 Å². The Morgan fingerprint density at radius 2 is 1.73 bits per heavy atom. The minimum absolute atomic E-state index is 0.0462. The second-order valence-corrected chi connectivity index (χ2v) is 10.9. The van der Waals surface area contributed by atoms with Crippen LogP contribution in [0.3, 0.4) is 0 Å². The van der Waals surface area contributed by atoms with E-state index in [1.165, 1.54) is 23.5 Å². The maximum absolute atomic E-state index is 13.0. The van der Waals surface area contributed by atoms with Crippen LogP contribution in [-0.4, -0.2) is 76.2 Å². The molecule has 1 saturated carbocycles. The molecule has 2 heterocycles. The van der Waals surface area contributed by atoms with Crippen LogP contribution in [0, 0.1) is 17.0 Å². The Kier molecular flexibility index (Phi) is 8.06. The second kappa shape index (κ2) is 11.8. The molecule has 0 spiro atoms. The van der Waals surface area contributed by atoms with Crippen molar-refractivity contribution in [1.82, 2.24) is 14.8 Å². The van der Waals surface area contributed by atoms with E-state index in [1.807, 2.05) is 19.1 Å². The lowest BCUT2D eigenvalue weighted by molar-refractivity contribution is -0.384. The number of thiazole rings is 1. The van der Waals surface area contributed by atoms with E-state index in [-0.39, 0.29) is 42.4 Å². The topological polar surface area (TPSA) is 129 Å². The third-order valence-electron chi connectivity index (χ3n) is 7.05. The Labute approximate surface area is 235 Å². The summed E-state index contributed by atoms with van der Waals surface area (Å²) >= 11 is 1.25. The number of nitrogens with zero attached hydrogens (tertiary/aromatic N) is 5. The van der Waals surface area contributed by atoms with Crippen molar-refractivity contribution in [3.8, 4) is 0 Å². The van der Waals surface area contributed by atoms with Gasteiger partial charge in [-0.3, -0.25) is 24.5 Å². The van der Waals surface area contributed by atoms with Crippen molar-refractivity contribution in [2.24, 2.45) is 0 Å².